The molecular weight excluding hydrogens is 372 g/mol. The van der Waals surface area contributed by atoms with E-state index in [2.05, 4.69) is 25.9 Å². The average molecular weight is 398 g/mol. The number of rotatable bonds is 11. The normalized spacial score (nSPS) is 14.0. The summed E-state index contributed by atoms with van der Waals surface area (Å²) in [7, 11) is 0. The van der Waals surface area contributed by atoms with Crippen molar-refractivity contribution in [3.8, 4) is 0 Å². The molecule has 3 atom stereocenters. The smallest absolute Gasteiger partial charge is 0.322 e. The highest BCUT2D eigenvalue weighted by Crippen LogP contribution is 2.04. The fourth-order valence-electron chi connectivity index (χ4n) is 2.26. The molecule has 3 amide bonds. The van der Waals surface area contributed by atoms with Gasteiger partial charge in [-0.25, -0.2) is 4.98 Å². The highest BCUT2D eigenvalue weighted by atomic mass is 16.4. The van der Waals surface area contributed by atoms with Crippen molar-refractivity contribution in [2.45, 2.75) is 38.4 Å². The zero-order valence-corrected chi connectivity index (χ0v) is 15.6. The molecule has 156 valence electrons. The van der Waals surface area contributed by atoms with E-state index in [1.54, 1.807) is 13.8 Å². The van der Waals surface area contributed by atoms with E-state index in [-0.39, 0.29) is 12.3 Å². The Morgan fingerprint density at radius 3 is 2.36 bits per heavy atom. The molecular formula is C16H26N6O6. The second-order valence-corrected chi connectivity index (χ2v) is 6.47. The minimum Gasteiger partial charge on any atom is -0.480 e. The number of aromatic nitrogens is 2. The Bertz CT molecular complexity index is 677. The lowest BCUT2D eigenvalue weighted by Crippen LogP contribution is -2.58. The number of aliphatic hydroxyl groups excluding tert-OH is 1. The van der Waals surface area contributed by atoms with Gasteiger partial charge in [-0.15, -0.1) is 0 Å². The van der Waals surface area contributed by atoms with Gasteiger partial charge in [-0.3, -0.25) is 19.2 Å². The molecule has 1 aromatic rings. The zero-order valence-electron chi connectivity index (χ0n) is 15.6. The van der Waals surface area contributed by atoms with Gasteiger partial charge in [0.05, 0.1) is 19.0 Å². The minimum absolute atomic E-state index is 0.190. The number of aromatic amines is 1. The molecule has 0 aliphatic carbocycles. The van der Waals surface area contributed by atoms with Crippen molar-refractivity contribution in [3.05, 3.63) is 18.2 Å². The number of hydrogen-bond donors (Lipinski definition) is 7. The lowest BCUT2D eigenvalue weighted by Gasteiger charge is -2.25. The van der Waals surface area contributed by atoms with E-state index in [4.69, 9.17) is 10.8 Å². The molecule has 0 bridgehead atoms. The molecule has 12 nitrogen and oxygen atoms in total. The SMILES string of the molecule is CC(C)C(NC(=O)C(N)Cc1cnc[nH]1)C(=O)NC(CO)C(=O)NCC(=O)O. The third-order valence-electron chi connectivity index (χ3n) is 3.81. The summed E-state index contributed by atoms with van der Waals surface area (Å²) in [5.41, 5.74) is 6.51. The first-order chi connectivity index (χ1) is 13.1. The largest absolute Gasteiger partial charge is 0.480 e. The molecule has 28 heavy (non-hydrogen) atoms. The summed E-state index contributed by atoms with van der Waals surface area (Å²) in [5.74, 6) is -3.75. The number of nitrogens with two attached hydrogens (primary N) is 1. The molecule has 1 rings (SSSR count). The van der Waals surface area contributed by atoms with Crippen LogP contribution in [0.2, 0.25) is 0 Å². The van der Waals surface area contributed by atoms with Crippen LogP contribution in [-0.4, -0.2) is 75.1 Å². The first-order valence-corrected chi connectivity index (χ1v) is 8.59. The van der Waals surface area contributed by atoms with E-state index >= 15 is 0 Å². The van der Waals surface area contributed by atoms with Crippen LogP contribution < -0.4 is 21.7 Å². The monoisotopic (exact) mass is 398 g/mol. The molecule has 0 saturated heterocycles. The number of hydrogen-bond acceptors (Lipinski definition) is 7. The van der Waals surface area contributed by atoms with E-state index in [0.717, 1.165) is 0 Å². The molecule has 3 unspecified atom stereocenters. The van der Waals surface area contributed by atoms with Crippen LogP contribution in [0.15, 0.2) is 12.5 Å². The van der Waals surface area contributed by atoms with E-state index in [9.17, 15) is 24.3 Å². The predicted octanol–water partition coefficient (Wildman–Crippen LogP) is -2.90. The zero-order chi connectivity index (χ0) is 21.3. The Labute approximate surface area is 161 Å². The number of imidazole rings is 1. The number of nitrogens with zero attached hydrogens (tertiary/aromatic N) is 1. The fourth-order valence-corrected chi connectivity index (χ4v) is 2.26. The lowest BCUT2D eigenvalue weighted by molar-refractivity contribution is -0.139. The molecule has 8 N–H and O–H groups in total. The number of H-pyrrole nitrogens is 1. The van der Waals surface area contributed by atoms with Crippen LogP contribution in [0.5, 0.6) is 0 Å². The van der Waals surface area contributed by atoms with Crippen molar-refractivity contribution in [2.24, 2.45) is 11.7 Å². The van der Waals surface area contributed by atoms with Gasteiger partial charge in [-0.1, -0.05) is 13.8 Å². The number of aliphatic carboxylic acids is 1. The maximum absolute atomic E-state index is 12.5. The molecule has 0 aromatic carbocycles. The molecule has 0 fully saturated rings. The minimum atomic E-state index is -1.36. The number of nitrogens with one attached hydrogen (secondary N) is 4. The Balaban J connectivity index is 2.69. The maximum Gasteiger partial charge on any atom is 0.322 e. The standard InChI is InChI=1S/C16H26N6O6/c1-8(2)13(22-14(26)10(17)3-9-4-18-7-20-9)16(28)21-11(6-23)15(27)19-5-12(24)25/h4,7-8,10-11,13,23H,3,5-6,17H2,1-2H3,(H,18,20)(H,19,27)(H,21,28)(H,22,26)(H,24,25). The average Bonchev–Trinajstić information content (AvgIpc) is 3.14. The summed E-state index contributed by atoms with van der Waals surface area (Å²) in [5, 5.41) is 24.8. The molecule has 0 radical (unpaired) electrons. The summed E-state index contributed by atoms with van der Waals surface area (Å²) in [6.45, 7) is 1.97. The van der Waals surface area contributed by atoms with Gasteiger partial charge >= 0.3 is 5.97 Å². The van der Waals surface area contributed by atoms with E-state index in [0.29, 0.717) is 5.69 Å². The van der Waals surface area contributed by atoms with Crippen molar-refractivity contribution in [3.63, 3.8) is 0 Å². The van der Waals surface area contributed by atoms with Crippen LogP contribution in [0.25, 0.3) is 0 Å². The molecule has 12 heteroatoms. The molecule has 1 heterocycles. The molecule has 0 aliphatic heterocycles. The molecule has 0 aliphatic rings. The summed E-state index contributed by atoms with van der Waals surface area (Å²) in [6, 6.07) is -3.30. The van der Waals surface area contributed by atoms with Crippen LogP contribution in [0.1, 0.15) is 19.5 Å². The van der Waals surface area contributed by atoms with Gasteiger partial charge in [0.2, 0.25) is 17.7 Å². The van der Waals surface area contributed by atoms with Gasteiger partial charge in [-0.05, 0) is 5.92 Å². The number of carboxylic acids is 1. The topological polar surface area (TPSA) is 200 Å². The fraction of sp³-hybridized carbons (Fsp3) is 0.562. The summed E-state index contributed by atoms with van der Waals surface area (Å²) >= 11 is 0. The third kappa shape index (κ3) is 7.32. The number of carboxylic acid groups (broad SMARTS) is 1. The first-order valence-electron chi connectivity index (χ1n) is 8.59. The summed E-state index contributed by atoms with van der Waals surface area (Å²) in [6.07, 6.45) is 3.17. The first kappa shape index (κ1) is 23.0. The van der Waals surface area contributed by atoms with Crippen LogP contribution in [0, 0.1) is 5.92 Å². The van der Waals surface area contributed by atoms with Crippen molar-refractivity contribution < 1.29 is 29.4 Å². The van der Waals surface area contributed by atoms with Crippen molar-refractivity contribution in [1.82, 2.24) is 25.9 Å². The van der Waals surface area contributed by atoms with Crippen LogP contribution in [0.3, 0.4) is 0 Å². The number of aliphatic hydroxyl groups is 1. The predicted molar refractivity (Wildman–Crippen MR) is 96.7 cm³/mol. The Morgan fingerprint density at radius 2 is 1.86 bits per heavy atom. The van der Waals surface area contributed by atoms with Crippen molar-refractivity contribution >= 4 is 23.7 Å². The number of amides is 3. The van der Waals surface area contributed by atoms with Crippen LogP contribution >= 0.6 is 0 Å². The molecule has 0 saturated carbocycles. The third-order valence-corrected chi connectivity index (χ3v) is 3.81. The van der Waals surface area contributed by atoms with Gasteiger partial charge in [0.15, 0.2) is 0 Å². The summed E-state index contributed by atoms with van der Waals surface area (Å²) < 4.78 is 0. The van der Waals surface area contributed by atoms with E-state index in [1.165, 1.54) is 12.5 Å². The second-order valence-electron chi connectivity index (χ2n) is 6.47. The van der Waals surface area contributed by atoms with Crippen molar-refractivity contribution in [1.29, 1.82) is 0 Å². The van der Waals surface area contributed by atoms with Crippen LogP contribution in [0.4, 0.5) is 0 Å². The van der Waals surface area contributed by atoms with Gasteiger partial charge in [-0.2, -0.15) is 0 Å². The van der Waals surface area contributed by atoms with Gasteiger partial charge in [0.1, 0.15) is 18.6 Å². The Morgan fingerprint density at radius 1 is 1.18 bits per heavy atom. The number of carbonyl (C=O) groups is 4. The maximum atomic E-state index is 12.5. The van der Waals surface area contributed by atoms with E-state index < -0.39 is 55.0 Å². The lowest BCUT2D eigenvalue weighted by atomic mass is 10.0. The van der Waals surface area contributed by atoms with E-state index in [1.807, 2.05) is 0 Å². The quantitative estimate of drug-likeness (QED) is 0.206. The van der Waals surface area contributed by atoms with Gasteiger partial charge < -0.3 is 36.9 Å². The molecule has 1 aromatic heterocycles. The molecule has 0 spiro atoms. The highest BCUT2D eigenvalue weighted by molar-refractivity contribution is 5.93. The van der Waals surface area contributed by atoms with Gasteiger partial charge in [0.25, 0.3) is 0 Å². The Hall–Kier alpha value is -2.99. The second kappa shape index (κ2) is 11.0. The number of carbonyl (C=O) groups excluding carboxylic acids is 3. The van der Waals surface area contributed by atoms with Crippen LogP contribution in [-0.2, 0) is 25.6 Å². The van der Waals surface area contributed by atoms with Gasteiger partial charge in [0, 0.05) is 18.3 Å². The Kier molecular flexibility index (Phi) is 9.05. The van der Waals surface area contributed by atoms with Crippen molar-refractivity contribution in [2.75, 3.05) is 13.2 Å². The highest BCUT2D eigenvalue weighted by Gasteiger charge is 2.30. The summed E-state index contributed by atoms with van der Waals surface area (Å²) in [4.78, 5) is 53.8.